The Morgan fingerprint density at radius 1 is 0.815 bits per heavy atom. The Labute approximate surface area is 167 Å². The van der Waals surface area contributed by atoms with E-state index >= 15 is 0 Å². The van der Waals surface area contributed by atoms with Crippen LogP contribution in [0, 0.1) is 5.92 Å². The molecule has 0 aromatic carbocycles. The number of unbranched alkanes of at least 4 members (excludes halogenated alkanes) is 11. The van der Waals surface area contributed by atoms with Gasteiger partial charge >= 0.3 is 11.9 Å². The summed E-state index contributed by atoms with van der Waals surface area (Å²) in [5.41, 5.74) is 5.66. The monoisotopic (exact) mass is 381 g/mol. The number of esters is 2. The molecule has 4 nitrogen and oxygen atoms in total. The van der Waals surface area contributed by atoms with Crippen molar-refractivity contribution in [3.05, 3.63) is 12.2 Å². The minimum absolute atomic E-state index is 0.0230. The predicted molar refractivity (Wildman–Crippen MR) is 113 cm³/mol. The number of carbonyl (C=O) groups is 2. The van der Waals surface area contributed by atoms with Crippen LogP contribution in [0.3, 0.4) is 0 Å². The highest BCUT2D eigenvalue weighted by Gasteiger charge is 2.21. The van der Waals surface area contributed by atoms with Crippen LogP contribution in [0.1, 0.15) is 111 Å². The Morgan fingerprint density at radius 3 is 1.81 bits per heavy atom. The smallest absolute Gasteiger partial charge is 0.330 e. The predicted octanol–water partition coefficient (Wildman–Crippen LogP) is 6.08. The van der Waals surface area contributed by atoms with E-state index in [2.05, 4.69) is 19.1 Å². The van der Waals surface area contributed by atoms with Crippen LogP contribution in [-0.4, -0.2) is 18.0 Å². The fourth-order valence-corrected chi connectivity index (χ4v) is 2.84. The molecule has 27 heavy (non-hydrogen) atoms. The van der Waals surface area contributed by atoms with Crippen molar-refractivity contribution < 1.29 is 14.3 Å². The van der Waals surface area contributed by atoms with Crippen LogP contribution in [0.25, 0.3) is 0 Å². The van der Waals surface area contributed by atoms with Gasteiger partial charge in [-0.1, -0.05) is 84.3 Å². The van der Waals surface area contributed by atoms with E-state index in [0.717, 1.165) is 25.7 Å². The molecule has 0 aromatic rings. The third kappa shape index (κ3) is 16.7. The van der Waals surface area contributed by atoms with Gasteiger partial charge in [-0.3, -0.25) is 4.79 Å². The molecule has 0 spiro atoms. The molecular formula is C23H43NO3. The molecule has 158 valence electrons. The van der Waals surface area contributed by atoms with Crippen molar-refractivity contribution in [3.8, 4) is 0 Å². The molecule has 0 aliphatic carbocycles. The topological polar surface area (TPSA) is 69.4 Å². The standard InChI is InChI=1S/C23H43NO3/c1-4-5-6-7-8-9-10-11-12-13-14-15-16-17-18-19-21(25)27-23(26)22(24)20(2)3/h11-12,20,22H,4-10,13-19,24H2,1-3H3/t22-/m0/s1. The molecule has 0 amide bonds. The van der Waals surface area contributed by atoms with E-state index in [4.69, 9.17) is 10.5 Å². The Morgan fingerprint density at radius 2 is 1.30 bits per heavy atom. The molecule has 0 rings (SSSR count). The van der Waals surface area contributed by atoms with Crippen LogP contribution in [0.15, 0.2) is 12.2 Å². The number of allylic oxidation sites excluding steroid dienone is 2. The number of nitrogens with two attached hydrogens (primary N) is 1. The van der Waals surface area contributed by atoms with Gasteiger partial charge in [0.25, 0.3) is 0 Å². The zero-order chi connectivity index (χ0) is 20.3. The molecule has 0 aromatic heterocycles. The van der Waals surface area contributed by atoms with Gasteiger partial charge in [-0.15, -0.1) is 0 Å². The second-order valence-electron chi connectivity index (χ2n) is 7.90. The van der Waals surface area contributed by atoms with Crippen molar-refractivity contribution in [2.45, 2.75) is 117 Å². The third-order valence-electron chi connectivity index (χ3n) is 4.85. The Balaban J connectivity index is 3.41. The van der Waals surface area contributed by atoms with Crippen LogP contribution >= 0.6 is 0 Å². The Hall–Kier alpha value is -1.16. The largest absolute Gasteiger partial charge is 0.392 e. The SMILES string of the molecule is CCCCCCCCC=CCCCCCCCC(=O)OC(=O)[C@@H](N)C(C)C. The average Bonchev–Trinajstić information content (AvgIpc) is 2.64. The number of hydrogen-bond donors (Lipinski definition) is 1. The molecule has 0 bridgehead atoms. The number of rotatable bonds is 17. The highest BCUT2D eigenvalue weighted by molar-refractivity contribution is 5.88. The summed E-state index contributed by atoms with van der Waals surface area (Å²) in [6, 6.07) is -0.719. The van der Waals surface area contributed by atoms with E-state index in [-0.39, 0.29) is 5.92 Å². The normalized spacial score (nSPS) is 12.6. The summed E-state index contributed by atoms with van der Waals surface area (Å²) >= 11 is 0. The summed E-state index contributed by atoms with van der Waals surface area (Å²) in [7, 11) is 0. The van der Waals surface area contributed by atoms with Crippen LogP contribution in [-0.2, 0) is 14.3 Å². The van der Waals surface area contributed by atoms with Crippen molar-refractivity contribution in [1.29, 1.82) is 0 Å². The van der Waals surface area contributed by atoms with Crippen LogP contribution in [0.5, 0.6) is 0 Å². The van der Waals surface area contributed by atoms with Gasteiger partial charge in [-0.25, -0.2) is 4.79 Å². The van der Waals surface area contributed by atoms with Gasteiger partial charge in [0.15, 0.2) is 0 Å². The fourth-order valence-electron chi connectivity index (χ4n) is 2.84. The first-order chi connectivity index (χ1) is 13.0. The lowest BCUT2D eigenvalue weighted by Gasteiger charge is -2.13. The number of carbonyl (C=O) groups excluding carboxylic acids is 2. The van der Waals surface area contributed by atoms with E-state index in [1.54, 1.807) is 0 Å². The summed E-state index contributed by atoms with van der Waals surface area (Å²) < 4.78 is 4.78. The molecule has 0 aliphatic rings. The van der Waals surface area contributed by atoms with Crippen molar-refractivity contribution >= 4 is 11.9 Å². The maximum Gasteiger partial charge on any atom is 0.330 e. The van der Waals surface area contributed by atoms with Crippen molar-refractivity contribution in [1.82, 2.24) is 0 Å². The van der Waals surface area contributed by atoms with E-state index < -0.39 is 18.0 Å². The number of ether oxygens (including phenoxy) is 1. The lowest BCUT2D eigenvalue weighted by Crippen LogP contribution is -2.38. The quantitative estimate of drug-likeness (QED) is 0.143. The molecule has 0 unspecified atom stereocenters. The molecule has 0 heterocycles. The fraction of sp³-hybridized carbons (Fsp3) is 0.826. The average molecular weight is 382 g/mol. The molecule has 0 fully saturated rings. The van der Waals surface area contributed by atoms with Gasteiger partial charge in [0.1, 0.15) is 6.04 Å². The zero-order valence-corrected chi connectivity index (χ0v) is 18.0. The van der Waals surface area contributed by atoms with Crippen molar-refractivity contribution in [3.63, 3.8) is 0 Å². The van der Waals surface area contributed by atoms with Crippen LogP contribution < -0.4 is 5.73 Å². The van der Waals surface area contributed by atoms with E-state index in [1.165, 1.54) is 57.8 Å². The lowest BCUT2D eigenvalue weighted by molar-refractivity contribution is -0.161. The maximum absolute atomic E-state index is 11.6. The maximum atomic E-state index is 11.6. The summed E-state index contributed by atoms with van der Waals surface area (Å²) in [4.78, 5) is 23.2. The highest BCUT2D eigenvalue weighted by atomic mass is 16.6. The van der Waals surface area contributed by atoms with Gasteiger partial charge in [0.05, 0.1) is 0 Å². The molecule has 4 heteroatoms. The molecule has 0 radical (unpaired) electrons. The summed E-state index contributed by atoms with van der Waals surface area (Å²) in [6.45, 7) is 5.92. The minimum atomic E-state index is -0.719. The molecular weight excluding hydrogens is 338 g/mol. The lowest BCUT2D eigenvalue weighted by atomic mass is 10.1. The Kier molecular flexibility index (Phi) is 17.4. The number of hydrogen-bond acceptors (Lipinski definition) is 4. The molecule has 1 atom stereocenters. The Bertz CT molecular complexity index is 404. The van der Waals surface area contributed by atoms with Gasteiger partial charge in [0.2, 0.25) is 0 Å². The van der Waals surface area contributed by atoms with Gasteiger partial charge in [-0.05, 0) is 38.0 Å². The zero-order valence-electron chi connectivity index (χ0n) is 18.0. The van der Waals surface area contributed by atoms with Gasteiger partial charge in [0, 0.05) is 6.42 Å². The second kappa shape index (κ2) is 18.2. The molecule has 0 saturated carbocycles. The van der Waals surface area contributed by atoms with Crippen LogP contribution in [0.4, 0.5) is 0 Å². The van der Waals surface area contributed by atoms with E-state index in [1.807, 2.05) is 13.8 Å². The first-order valence-corrected chi connectivity index (χ1v) is 11.1. The molecule has 2 N–H and O–H groups in total. The first-order valence-electron chi connectivity index (χ1n) is 11.1. The van der Waals surface area contributed by atoms with Gasteiger partial charge in [-0.2, -0.15) is 0 Å². The first kappa shape index (κ1) is 25.8. The molecule has 0 saturated heterocycles. The van der Waals surface area contributed by atoms with Gasteiger partial charge < -0.3 is 10.5 Å². The summed E-state index contributed by atoms with van der Waals surface area (Å²) in [5, 5.41) is 0. The minimum Gasteiger partial charge on any atom is -0.392 e. The van der Waals surface area contributed by atoms with Crippen LogP contribution in [0.2, 0.25) is 0 Å². The molecule has 0 aliphatic heterocycles. The highest BCUT2D eigenvalue weighted by Crippen LogP contribution is 2.10. The van der Waals surface area contributed by atoms with E-state index in [9.17, 15) is 9.59 Å². The third-order valence-corrected chi connectivity index (χ3v) is 4.85. The summed E-state index contributed by atoms with van der Waals surface area (Å²) in [6.07, 6.45) is 20.8. The van der Waals surface area contributed by atoms with Crippen molar-refractivity contribution in [2.24, 2.45) is 11.7 Å². The van der Waals surface area contributed by atoms with Crippen molar-refractivity contribution in [2.75, 3.05) is 0 Å². The second-order valence-corrected chi connectivity index (χ2v) is 7.90. The summed E-state index contributed by atoms with van der Waals surface area (Å²) in [5.74, 6) is -1.08. The van der Waals surface area contributed by atoms with E-state index in [0.29, 0.717) is 6.42 Å².